The van der Waals surface area contributed by atoms with Gasteiger partial charge >= 0.3 is 0 Å². The first-order chi connectivity index (χ1) is 11.1. The molecule has 0 aliphatic heterocycles. The average Bonchev–Trinajstić information content (AvgIpc) is 3.13. The summed E-state index contributed by atoms with van der Waals surface area (Å²) in [5.74, 6) is 0.344. The zero-order valence-electron chi connectivity index (χ0n) is 12.4. The Kier molecular flexibility index (Phi) is 4.32. The Labute approximate surface area is 140 Å². The number of nitriles is 1. The minimum Gasteiger partial charge on any atom is -0.510 e. The van der Waals surface area contributed by atoms with Gasteiger partial charge in [-0.05, 0) is 26.0 Å². The molecule has 0 unspecified atom stereocenters. The Hall–Kier alpha value is -2.37. The van der Waals surface area contributed by atoms with E-state index in [1.54, 1.807) is 0 Å². The second-order valence-electron chi connectivity index (χ2n) is 4.82. The summed E-state index contributed by atoms with van der Waals surface area (Å²) in [5.41, 5.74) is 1.72. The first-order valence-corrected chi connectivity index (χ1v) is 8.53. The van der Waals surface area contributed by atoms with Crippen LogP contribution in [-0.2, 0) is 0 Å². The number of hydrogen-bond acceptors (Lipinski definition) is 7. The monoisotopic (exact) mass is 343 g/mol. The number of nitrogens with one attached hydrogen (secondary N) is 1. The fourth-order valence-corrected chi connectivity index (χ4v) is 4.06. The van der Waals surface area contributed by atoms with Gasteiger partial charge in [-0.3, -0.25) is 0 Å². The fraction of sp³-hybridized carbons (Fsp3) is 0.200. The molecule has 0 radical (unpaired) electrons. The van der Waals surface area contributed by atoms with Crippen LogP contribution in [0.2, 0.25) is 0 Å². The number of hydrogen-bond donors (Lipinski definition) is 2. The normalized spacial score (nSPS) is 13.6. The van der Waals surface area contributed by atoms with Crippen LogP contribution in [0.25, 0.3) is 16.6 Å². The van der Waals surface area contributed by atoms with Crippen LogP contribution in [0.5, 0.6) is 0 Å². The highest BCUT2D eigenvalue weighted by atomic mass is 32.2. The van der Waals surface area contributed by atoms with E-state index in [1.165, 1.54) is 23.1 Å². The lowest BCUT2D eigenvalue weighted by molar-refractivity contribution is 0.402. The lowest BCUT2D eigenvalue weighted by Crippen LogP contribution is -2.04. The summed E-state index contributed by atoms with van der Waals surface area (Å²) in [6.45, 7) is 3.69. The summed E-state index contributed by atoms with van der Waals surface area (Å²) in [6, 6.07) is 9.53. The third-order valence-corrected chi connectivity index (χ3v) is 5.20. The standard InChI is InChI=1S/C15H13N5OS2/c1-8(22-15-20-19-9(2)23-15)13(21)10(7-16)14-17-11-5-3-4-6-12(11)18-14/h3-6,8,21H,1-2H3,(H,17,18)/t8-/m1/s1. The predicted molar refractivity (Wildman–Crippen MR) is 91.2 cm³/mol. The van der Waals surface area contributed by atoms with Gasteiger partial charge in [0.2, 0.25) is 0 Å². The molecule has 3 rings (SSSR count). The maximum absolute atomic E-state index is 10.5. The number of aliphatic hydroxyl groups is 1. The second kappa shape index (κ2) is 6.40. The van der Waals surface area contributed by atoms with Gasteiger partial charge in [-0.25, -0.2) is 4.98 Å². The molecule has 0 aliphatic carbocycles. The van der Waals surface area contributed by atoms with E-state index in [4.69, 9.17) is 0 Å². The van der Waals surface area contributed by atoms with Crippen molar-refractivity contribution in [3.63, 3.8) is 0 Å². The van der Waals surface area contributed by atoms with Crippen molar-refractivity contribution >= 4 is 39.7 Å². The maximum atomic E-state index is 10.5. The van der Waals surface area contributed by atoms with Gasteiger partial charge < -0.3 is 10.1 Å². The zero-order valence-corrected chi connectivity index (χ0v) is 14.1. The summed E-state index contributed by atoms with van der Waals surface area (Å²) in [6.07, 6.45) is 0. The quantitative estimate of drug-likeness (QED) is 0.426. The summed E-state index contributed by atoms with van der Waals surface area (Å²) in [7, 11) is 0. The van der Waals surface area contributed by atoms with E-state index < -0.39 is 0 Å². The van der Waals surface area contributed by atoms with Gasteiger partial charge in [0.25, 0.3) is 0 Å². The first-order valence-electron chi connectivity index (χ1n) is 6.83. The number of rotatable bonds is 4. The van der Waals surface area contributed by atoms with Crippen LogP contribution in [-0.4, -0.2) is 30.5 Å². The van der Waals surface area contributed by atoms with Crippen molar-refractivity contribution in [1.29, 1.82) is 5.26 Å². The Morgan fingerprint density at radius 2 is 2.17 bits per heavy atom. The number of H-pyrrole nitrogens is 1. The Bertz CT molecular complexity index is 888. The van der Waals surface area contributed by atoms with Crippen LogP contribution in [0.3, 0.4) is 0 Å². The lowest BCUT2D eigenvalue weighted by Gasteiger charge is -2.09. The van der Waals surface area contributed by atoms with E-state index in [2.05, 4.69) is 20.2 Å². The van der Waals surface area contributed by atoms with E-state index in [0.717, 1.165) is 20.4 Å². The predicted octanol–water partition coefficient (Wildman–Crippen LogP) is 3.70. The lowest BCUT2D eigenvalue weighted by atomic mass is 10.2. The zero-order chi connectivity index (χ0) is 16.4. The smallest absolute Gasteiger partial charge is 0.174 e. The number of benzene rings is 1. The van der Waals surface area contributed by atoms with E-state index in [-0.39, 0.29) is 16.6 Å². The highest BCUT2D eigenvalue weighted by Crippen LogP contribution is 2.32. The molecule has 23 heavy (non-hydrogen) atoms. The second-order valence-corrected chi connectivity index (χ2v) is 7.59. The molecule has 0 fully saturated rings. The number of nitrogens with zero attached hydrogens (tertiary/aromatic N) is 4. The fourth-order valence-electron chi connectivity index (χ4n) is 2.04. The van der Waals surface area contributed by atoms with Crippen molar-refractivity contribution in [1.82, 2.24) is 20.2 Å². The number of aromatic amines is 1. The molecule has 0 bridgehead atoms. The van der Waals surface area contributed by atoms with Gasteiger partial charge in [0.1, 0.15) is 22.4 Å². The third-order valence-electron chi connectivity index (χ3n) is 3.16. The minimum atomic E-state index is -0.329. The number of aromatic nitrogens is 4. The first kappa shape index (κ1) is 15.5. The van der Waals surface area contributed by atoms with Crippen molar-refractivity contribution in [2.75, 3.05) is 0 Å². The molecule has 6 nitrogen and oxygen atoms in total. The van der Waals surface area contributed by atoms with Crippen molar-refractivity contribution in [2.45, 2.75) is 23.4 Å². The molecule has 8 heteroatoms. The van der Waals surface area contributed by atoms with Crippen LogP contribution < -0.4 is 0 Å². The number of allylic oxidation sites excluding steroid dienone is 1. The Balaban J connectivity index is 1.93. The average molecular weight is 343 g/mol. The molecule has 0 spiro atoms. The number of aliphatic hydroxyl groups excluding tert-OH is 1. The molecule has 0 amide bonds. The van der Waals surface area contributed by atoms with E-state index in [9.17, 15) is 10.4 Å². The van der Waals surface area contributed by atoms with Crippen molar-refractivity contribution in [2.24, 2.45) is 0 Å². The molecule has 0 saturated carbocycles. The van der Waals surface area contributed by atoms with Crippen molar-refractivity contribution in [3.05, 3.63) is 40.9 Å². The van der Waals surface area contributed by atoms with Crippen LogP contribution in [0.1, 0.15) is 17.8 Å². The Morgan fingerprint density at radius 1 is 1.39 bits per heavy atom. The number of fused-ring (bicyclic) bond motifs is 1. The SMILES string of the molecule is Cc1nnc(S[C@H](C)C(O)=C(C#N)c2nc3ccccc3[nH]2)s1. The maximum Gasteiger partial charge on any atom is 0.174 e. The molecule has 2 aromatic heterocycles. The molecule has 2 N–H and O–H groups in total. The van der Waals surface area contributed by atoms with Gasteiger partial charge in [-0.15, -0.1) is 10.2 Å². The van der Waals surface area contributed by atoms with E-state index >= 15 is 0 Å². The van der Waals surface area contributed by atoms with Crippen LogP contribution in [0.15, 0.2) is 34.4 Å². The highest BCUT2D eigenvalue weighted by Gasteiger charge is 2.20. The third kappa shape index (κ3) is 3.21. The number of imidazole rings is 1. The molecule has 3 aromatic rings. The van der Waals surface area contributed by atoms with Crippen LogP contribution in [0.4, 0.5) is 0 Å². The largest absolute Gasteiger partial charge is 0.510 e. The van der Waals surface area contributed by atoms with Crippen LogP contribution in [0, 0.1) is 18.3 Å². The molecule has 1 atom stereocenters. The number of para-hydroxylation sites is 2. The number of aryl methyl sites for hydroxylation is 1. The molecular formula is C15H13N5OS2. The molecule has 1 aromatic carbocycles. The van der Waals surface area contributed by atoms with Gasteiger partial charge in [-0.2, -0.15) is 5.26 Å². The minimum absolute atomic E-state index is 0.0237. The summed E-state index contributed by atoms with van der Waals surface area (Å²) < 4.78 is 0.753. The number of thioether (sulfide) groups is 1. The van der Waals surface area contributed by atoms with Gasteiger partial charge in [0.05, 0.1) is 16.3 Å². The van der Waals surface area contributed by atoms with Gasteiger partial charge in [-0.1, -0.05) is 35.2 Å². The molecule has 2 heterocycles. The van der Waals surface area contributed by atoms with Crippen molar-refractivity contribution in [3.8, 4) is 6.07 Å². The van der Waals surface area contributed by atoms with E-state index in [1.807, 2.05) is 44.2 Å². The molecule has 116 valence electrons. The topological polar surface area (TPSA) is 98.5 Å². The van der Waals surface area contributed by atoms with Crippen LogP contribution >= 0.6 is 23.1 Å². The summed E-state index contributed by atoms with van der Waals surface area (Å²) in [5, 5.41) is 28.4. The van der Waals surface area contributed by atoms with E-state index in [0.29, 0.717) is 5.82 Å². The highest BCUT2D eigenvalue weighted by molar-refractivity contribution is 8.01. The summed E-state index contributed by atoms with van der Waals surface area (Å²) in [4.78, 5) is 7.43. The Morgan fingerprint density at radius 3 is 2.83 bits per heavy atom. The summed E-state index contributed by atoms with van der Waals surface area (Å²) >= 11 is 2.82. The molecule has 0 aliphatic rings. The molecular weight excluding hydrogens is 330 g/mol. The molecule has 0 saturated heterocycles. The van der Waals surface area contributed by atoms with Gasteiger partial charge in [0, 0.05) is 0 Å². The van der Waals surface area contributed by atoms with Crippen molar-refractivity contribution < 1.29 is 5.11 Å². The van der Waals surface area contributed by atoms with Gasteiger partial charge in [0.15, 0.2) is 10.2 Å².